The first kappa shape index (κ1) is 20.6. The Kier molecular flexibility index (Phi) is 9.55. The number of guanidine groups is 1. The lowest BCUT2D eigenvalue weighted by molar-refractivity contribution is 0.351. The number of aliphatic imine (C=N–C) groups is 1. The number of ether oxygens (including phenoxy) is 2. The van der Waals surface area contributed by atoms with Crippen LogP contribution in [0.5, 0.6) is 11.5 Å². The predicted molar refractivity (Wildman–Crippen MR) is 111 cm³/mol. The number of rotatable bonds is 7. The number of hydrogen-bond donors (Lipinski definition) is 2. The second kappa shape index (κ2) is 11.1. The van der Waals surface area contributed by atoms with E-state index >= 15 is 0 Å². The van der Waals surface area contributed by atoms with Crippen molar-refractivity contribution in [1.82, 2.24) is 10.6 Å². The summed E-state index contributed by atoms with van der Waals surface area (Å²) in [7, 11) is 3.29. The number of benzene rings is 1. The third-order valence-corrected chi connectivity index (χ3v) is 4.01. The second-order valence-electron chi connectivity index (χ2n) is 4.83. The minimum absolute atomic E-state index is 0. The van der Waals surface area contributed by atoms with Gasteiger partial charge in [-0.2, -0.15) is 11.3 Å². The molecule has 0 atom stereocenters. The van der Waals surface area contributed by atoms with Gasteiger partial charge in [-0.05, 0) is 35.4 Å². The Morgan fingerprint density at radius 2 is 2.00 bits per heavy atom. The standard InChI is InChI=1S/C17H23N3O2S.HI/c1-4-18-17(19-10-13-8-9-23-12-13)20-11-14-6-5-7-15(21-2)16(14)22-3;/h5-9,12H,4,10-11H2,1-3H3,(H2,18,19,20);1H. The van der Waals surface area contributed by atoms with Gasteiger partial charge in [-0.3, -0.25) is 0 Å². The first-order valence-electron chi connectivity index (χ1n) is 7.51. The van der Waals surface area contributed by atoms with Crippen LogP contribution in [-0.2, 0) is 13.1 Å². The third-order valence-electron chi connectivity index (χ3n) is 3.27. The summed E-state index contributed by atoms with van der Waals surface area (Å²) in [6, 6.07) is 7.94. The van der Waals surface area contributed by atoms with Crippen LogP contribution >= 0.6 is 35.3 Å². The Bertz CT molecular complexity index is 633. The van der Waals surface area contributed by atoms with Crippen LogP contribution in [0.4, 0.5) is 0 Å². The van der Waals surface area contributed by atoms with E-state index in [1.54, 1.807) is 25.6 Å². The molecule has 0 aliphatic heterocycles. The molecule has 2 rings (SSSR count). The molecule has 0 bridgehead atoms. The van der Waals surface area contributed by atoms with Crippen LogP contribution in [0.2, 0.25) is 0 Å². The molecule has 0 saturated heterocycles. The quantitative estimate of drug-likeness (QED) is 0.376. The molecule has 0 aliphatic rings. The van der Waals surface area contributed by atoms with Gasteiger partial charge in [0.25, 0.3) is 0 Å². The molecule has 2 aromatic rings. The molecule has 0 radical (unpaired) electrons. The van der Waals surface area contributed by atoms with Gasteiger partial charge in [0.05, 0.1) is 20.8 Å². The molecule has 0 saturated carbocycles. The molecule has 1 heterocycles. The van der Waals surface area contributed by atoms with Crippen molar-refractivity contribution in [1.29, 1.82) is 0 Å². The molecule has 0 fully saturated rings. The summed E-state index contributed by atoms with van der Waals surface area (Å²) in [4.78, 5) is 4.60. The van der Waals surface area contributed by atoms with Crippen molar-refractivity contribution < 1.29 is 9.47 Å². The number of nitrogens with zero attached hydrogens (tertiary/aromatic N) is 1. The van der Waals surface area contributed by atoms with E-state index in [4.69, 9.17) is 9.47 Å². The van der Waals surface area contributed by atoms with Gasteiger partial charge >= 0.3 is 0 Å². The van der Waals surface area contributed by atoms with Gasteiger partial charge in [0.15, 0.2) is 17.5 Å². The van der Waals surface area contributed by atoms with E-state index in [1.807, 2.05) is 25.1 Å². The van der Waals surface area contributed by atoms with E-state index in [-0.39, 0.29) is 24.0 Å². The van der Waals surface area contributed by atoms with Crippen LogP contribution in [0.25, 0.3) is 0 Å². The number of methoxy groups -OCH3 is 2. The van der Waals surface area contributed by atoms with E-state index in [9.17, 15) is 0 Å². The van der Waals surface area contributed by atoms with Crippen molar-refractivity contribution in [3.8, 4) is 11.5 Å². The SMILES string of the molecule is CCNC(=NCc1ccsc1)NCc1cccc(OC)c1OC.I. The molecule has 5 nitrogen and oxygen atoms in total. The maximum Gasteiger partial charge on any atom is 0.191 e. The van der Waals surface area contributed by atoms with E-state index in [2.05, 4.69) is 32.5 Å². The molecule has 1 aromatic heterocycles. The van der Waals surface area contributed by atoms with Crippen molar-refractivity contribution in [2.45, 2.75) is 20.0 Å². The van der Waals surface area contributed by atoms with Crippen molar-refractivity contribution in [2.75, 3.05) is 20.8 Å². The van der Waals surface area contributed by atoms with E-state index in [0.29, 0.717) is 13.1 Å². The summed E-state index contributed by atoms with van der Waals surface area (Å²) in [5.74, 6) is 2.26. The number of halogens is 1. The fraction of sp³-hybridized carbons (Fsp3) is 0.353. The zero-order valence-corrected chi connectivity index (χ0v) is 17.3. The van der Waals surface area contributed by atoms with Gasteiger partial charge in [0.1, 0.15) is 0 Å². The first-order valence-corrected chi connectivity index (χ1v) is 8.45. The molecule has 0 spiro atoms. The lowest BCUT2D eigenvalue weighted by Gasteiger charge is -2.15. The Hall–Kier alpha value is -1.48. The molecule has 0 amide bonds. The van der Waals surface area contributed by atoms with Crippen LogP contribution in [0, 0.1) is 0 Å². The third kappa shape index (κ3) is 5.86. The number of para-hydroxylation sites is 1. The van der Waals surface area contributed by atoms with Crippen molar-refractivity contribution in [2.24, 2.45) is 4.99 Å². The minimum atomic E-state index is 0. The van der Waals surface area contributed by atoms with Crippen LogP contribution in [0.3, 0.4) is 0 Å². The largest absolute Gasteiger partial charge is 0.493 e. The summed E-state index contributed by atoms with van der Waals surface area (Å²) in [6.45, 7) is 4.13. The molecule has 132 valence electrons. The molecule has 2 N–H and O–H groups in total. The Balaban J connectivity index is 0.00000288. The summed E-state index contributed by atoms with van der Waals surface area (Å²) in [5.41, 5.74) is 2.24. The molecule has 24 heavy (non-hydrogen) atoms. The highest BCUT2D eigenvalue weighted by atomic mass is 127. The summed E-state index contributed by atoms with van der Waals surface area (Å²) >= 11 is 1.68. The lowest BCUT2D eigenvalue weighted by Crippen LogP contribution is -2.36. The zero-order valence-electron chi connectivity index (χ0n) is 14.2. The fourth-order valence-electron chi connectivity index (χ4n) is 2.17. The van der Waals surface area contributed by atoms with Crippen LogP contribution in [0.15, 0.2) is 40.0 Å². The maximum absolute atomic E-state index is 5.45. The summed E-state index contributed by atoms with van der Waals surface area (Å²) in [5, 5.41) is 10.8. The van der Waals surface area contributed by atoms with Crippen molar-refractivity contribution in [3.63, 3.8) is 0 Å². The zero-order chi connectivity index (χ0) is 16.5. The monoisotopic (exact) mass is 461 g/mol. The maximum atomic E-state index is 5.45. The molecular weight excluding hydrogens is 437 g/mol. The first-order chi connectivity index (χ1) is 11.3. The second-order valence-corrected chi connectivity index (χ2v) is 5.61. The Morgan fingerprint density at radius 1 is 1.17 bits per heavy atom. The Morgan fingerprint density at radius 3 is 2.62 bits per heavy atom. The normalized spacial score (nSPS) is 10.7. The van der Waals surface area contributed by atoms with Gasteiger partial charge in [0.2, 0.25) is 0 Å². The predicted octanol–water partition coefficient (Wildman–Crippen LogP) is 3.64. The summed E-state index contributed by atoms with van der Waals surface area (Å²) in [6.07, 6.45) is 0. The van der Waals surface area contributed by atoms with Gasteiger partial charge < -0.3 is 20.1 Å². The number of hydrogen-bond acceptors (Lipinski definition) is 4. The molecule has 7 heteroatoms. The highest BCUT2D eigenvalue weighted by molar-refractivity contribution is 14.0. The van der Waals surface area contributed by atoms with E-state index in [0.717, 1.165) is 29.6 Å². The van der Waals surface area contributed by atoms with Crippen LogP contribution in [0.1, 0.15) is 18.1 Å². The van der Waals surface area contributed by atoms with Crippen LogP contribution < -0.4 is 20.1 Å². The lowest BCUT2D eigenvalue weighted by atomic mass is 10.2. The van der Waals surface area contributed by atoms with E-state index in [1.165, 1.54) is 5.56 Å². The average molecular weight is 461 g/mol. The van der Waals surface area contributed by atoms with Crippen molar-refractivity contribution >= 4 is 41.3 Å². The smallest absolute Gasteiger partial charge is 0.191 e. The molecular formula is C17H24IN3O2S. The van der Waals surface area contributed by atoms with Gasteiger partial charge in [-0.1, -0.05) is 12.1 Å². The number of thiophene rings is 1. The fourth-order valence-corrected chi connectivity index (χ4v) is 2.83. The topological polar surface area (TPSA) is 54.9 Å². The Labute approximate surface area is 164 Å². The van der Waals surface area contributed by atoms with Gasteiger partial charge in [0, 0.05) is 18.7 Å². The van der Waals surface area contributed by atoms with Gasteiger partial charge in [-0.25, -0.2) is 4.99 Å². The molecule has 0 aliphatic carbocycles. The van der Waals surface area contributed by atoms with Crippen molar-refractivity contribution in [3.05, 3.63) is 46.2 Å². The highest BCUT2D eigenvalue weighted by Crippen LogP contribution is 2.30. The molecule has 1 aromatic carbocycles. The van der Waals surface area contributed by atoms with Gasteiger partial charge in [-0.15, -0.1) is 24.0 Å². The summed E-state index contributed by atoms with van der Waals surface area (Å²) < 4.78 is 10.8. The van der Waals surface area contributed by atoms with E-state index < -0.39 is 0 Å². The number of nitrogens with one attached hydrogen (secondary N) is 2. The highest BCUT2D eigenvalue weighted by Gasteiger charge is 2.09. The molecule has 0 unspecified atom stereocenters. The van der Waals surface area contributed by atoms with Crippen LogP contribution in [-0.4, -0.2) is 26.7 Å². The minimum Gasteiger partial charge on any atom is -0.493 e. The average Bonchev–Trinajstić information content (AvgIpc) is 3.10.